The molecule has 0 aromatic carbocycles. The standard InChI is InChI=1S/C17H33N3OS/c1-5-18-16(20-11-14(2)10-15(3)12-20)19-13-17(22-4)6-8-21-9-7-17/h14-15H,5-13H2,1-4H3,(H,18,19). The second kappa shape index (κ2) is 8.44. The molecular formula is C17H33N3OS. The number of thioether (sulfide) groups is 1. The van der Waals surface area contributed by atoms with Crippen molar-refractivity contribution < 1.29 is 4.74 Å². The summed E-state index contributed by atoms with van der Waals surface area (Å²) in [5.74, 6) is 2.62. The van der Waals surface area contributed by atoms with Crippen molar-refractivity contribution in [2.75, 3.05) is 45.6 Å². The average molecular weight is 328 g/mol. The fraction of sp³-hybridized carbons (Fsp3) is 0.941. The second-order valence-electron chi connectivity index (χ2n) is 7.02. The molecule has 2 fully saturated rings. The topological polar surface area (TPSA) is 36.9 Å². The Bertz CT molecular complexity index is 359. The first-order valence-electron chi connectivity index (χ1n) is 8.74. The van der Waals surface area contributed by atoms with Crippen molar-refractivity contribution in [3.8, 4) is 0 Å². The van der Waals surface area contributed by atoms with Crippen LogP contribution in [0.2, 0.25) is 0 Å². The summed E-state index contributed by atoms with van der Waals surface area (Å²) in [5, 5.41) is 3.51. The van der Waals surface area contributed by atoms with Crippen molar-refractivity contribution in [3.63, 3.8) is 0 Å². The van der Waals surface area contributed by atoms with Crippen LogP contribution in [0.5, 0.6) is 0 Å². The van der Waals surface area contributed by atoms with E-state index < -0.39 is 0 Å². The summed E-state index contributed by atoms with van der Waals surface area (Å²) in [7, 11) is 0. The first-order chi connectivity index (χ1) is 10.6. The van der Waals surface area contributed by atoms with Gasteiger partial charge in [-0.1, -0.05) is 13.8 Å². The van der Waals surface area contributed by atoms with E-state index in [1.54, 1.807) is 0 Å². The summed E-state index contributed by atoms with van der Waals surface area (Å²) in [6.45, 7) is 12.7. The van der Waals surface area contributed by atoms with Crippen LogP contribution in [0.3, 0.4) is 0 Å². The molecule has 0 aliphatic carbocycles. The van der Waals surface area contributed by atoms with E-state index in [1.165, 1.54) is 6.42 Å². The molecule has 22 heavy (non-hydrogen) atoms. The number of hydrogen-bond donors (Lipinski definition) is 1. The number of piperidine rings is 1. The van der Waals surface area contributed by atoms with E-state index in [2.05, 4.69) is 37.2 Å². The van der Waals surface area contributed by atoms with Crippen LogP contribution < -0.4 is 5.32 Å². The Morgan fingerprint density at radius 2 is 1.91 bits per heavy atom. The van der Waals surface area contributed by atoms with Gasteiger partial charge in [0.15, 0.2) is 5.96 Å². The Hall–Kier alpha value is -0.420. The minimum absolute atomic E-state index is 0.270. The highest BCUT2D eigenvalue weighted by atomic mass is 32.2. The Labute approximate surface area is 140 Å². The molecule has 0 bridgehead atoms. The van der Waals surface area contributed by atoms with Crippen LogP contribution >= 0.6 is 11.8 Å². The lowest BCUT2D eigenvalue weighted by molar-refractivity contribution is 0.0793. The lowest BCUT2D eigenvalue weighted by Gasteiger charge is -2.38. The number of guanidine groups is 1. The van der Waals surface area contributed by atoms with Crippen LogP contribution in [0, 0.1) is 11.8 Å². The number of nitrogens with one attached hydrogen (secondary N) is 1. The summed E-state index contributed by atoms with van der Waals surface area (Å²) in [4.78, 5) is 7.50. The van der Waals surface area contributed by atoms with Gasteiger partial charge in [0, 0.05) is 37.6 Å². The van der Waals surface area contributed by atoms with E-state index >= 15 is 0 Å². The molecule has 0 aromatic heterocycles. The van der Waals surface area contributed by atoms with Crippen LogP contribution in [0.25, 0.3) is 0 Å². The molecule has 128 valence electrons. The molecule has 0 amide bonds. The molecule has 0 aromatic rings. The van der Waals surface area contributed by atoms with Crippen LogP contribution in [0.1, 0.15) is 40.0 Å². The van der Waals surface area contributed by atoms with Gasteiger partial charge in [-0.05, 0) is 44.3 Å². The summed E-state index contributed by atoms with van der Waals surface area (Å²) in [6.07, 6.45) is 5.79. The van der Waals surface area contributed by atoms with Crippen LogP contribution in [-0.2, 0) is 4.74 Å². The Morgan fingerprint density at radius 3 is 2.45 bits per heavy atom. The average Bonchev–Trinajstić information content (AvgIpc) is 2.51. The van der Waals surface area contributed by atoms with E-state index in [4.69, 9.17) is 9.73 Å². The predicted molar refractivity (Wildman–Crippen MR) is 96.8 cm³/mol. The van der Waals surface area contributed by atoms with Gasteiger partial charge >= 0.3 is 0 Å². The quantitative estimate of drug-likeness (QED) is 0.636. The maximum atomic E-state index is 5.54. The van der Waals surface area contributed by atoms with Gasteiger partial charge in [0.2, 0.25) is 0 Å². The van der Waals surface area contributed by atoms with E-state index in [0.717, 1.165) is 70.0 Å². The van der Waals surface area contributed by atoms with E-state index in [9.17, 15) is 0 Å². The summed E-state index contributed by atoms with van der Waals surface area (Å²) >= 11 is 1.97. The van der Waals surface area contributed by atoms with Gasteiger partial charge in [-0.15, -0.1) is 0 Å². The van der Waals surface area contributed by atoms with Gasteiger partial charge in [-0.2, -0.15) is 11.8 Å². The van der Waals surface area contributed by atoms with Crippen molar-refractivity contribution in [2.45, 2.75) is 44.8 Å². The summed E-state index contributed by atoms with van der Waals surface area (Å²) in [5.41, 5.74) is 0. The molecule has 4 nitrogen and oxygen atoms in total. The molecule has 2 rings (SSSR count). The zero-order valence-corrected chi connectivity index (χ0v) is 15.5. The predicted octanol–water partition coefficient (Wildman–Crippen LogP) is 2.84. The highest BCUT2D eigenvalue weighted by Crippen LogP contribution is 2.34. The number of aliphatic imine (C=N–C) groups is 1. The SMILES string of the molecule is CCNC(=NCC1(SC)CCOCC1)N1CC(C)CC(C)C1. The maximum Gasteiger partial charge on any atom is 0.193 e. The Morgan fingerprint density at radius 1 is 1.27 bits per heavy atom. The Kier molecular flexibility index (Phi) is 6.87. The van der Waals surface area contributed by atoms with Gasteiger partial charge in [0.1, 0.15) is 0 Å². The molecule has 2 atom stereocenters. The third-order valence-corrected chi connectivity index (χ3v) is 6.26. The number of hydrogen-bond acceptors (Lipinski definition) is 3. The molecule has 2 aliphatic rings. The van der Waals surface area contributed by atoms with Gasteiger partial charge in [0.05, 0.1) is 6.54 Å². The van der Waals surface area contributed by atoms with Crippen LogP contribution in [-0.4, -0.2) is 61.3 Å². The monoisotopic (exact) mass is 327 g/mol. The molecule has 5 heteroatoms. The Balaban J connectivity index is 2.05. The van der Waals surface area contributed by atoms with Gasteiger partial charge in [-0.3, -0.25) is 4.99 Å². The lowest BCUT2D eigenvalue weighted by atomic mass is 9.92. The molecular weight excluding hydrogens is 294 g/mol. The minimum atomic E-state index is 0.270. The second-order valence-corrected chi connectivity index (χ2v) is 8.29. The smallest absolute Gasteiger partial charge is 0.193 e. The van der Waals surface area contributed by atoms with Gasteiger partial charge < -0.3 is 15.0 Å². The molecule has 0 radical (unpaired) electrons. The fourth-order valence-corrected chi connectivity index (χ4v) is 4.42. The third-order valence-electron chi connectivity index (χ3n) is 4.86. The van der Waals surface area contributed by atoms with Crippen molar-refractivity contribution >= 4 is 17.7 Å². The third kappa shape index (κ3) is 4.79. The zero-order chi connectivity index (χ0) is 16.0. The van der Waals surface area contributed by atoms with E-state index in [1.807, 2.05) is 11.8 Å². The van der Waals surface area contributed by atoms with Gasteiger partial charge in [-0.25, -0.2) is 0 Å². The zero-order valence-electron chi connectivity index (χ0n) is 14.7. The molecule has 2 heterocycles. The lowest BCUT2D eigenvalue weighted by Crippen LogP contribution is -2.49. The number of nitrogens with zero attached hydrogens (tertiary/aromatic N) is 2. The maximum absolute atomic E-state index is 5.54. The molecule has 1 N–H and O–H groups in total. The van der Waals surface area contributed by atoms with Crippen molar-refractivity contribution in [3.05, 3.63) is 0 Å². The first-order valence-corrected chi connectivity index (χ1v) is 9.97. The molecule has 2 saturated heterocycles. The van der Waals surface area contributed by atoms with Crippen LogP contribution in [0.15, 0.2) is 4.99 Å². The minimum Gasteiger partial charge on any atom is -0.381 e. The first kappa shape index (κ1) is 17.9. The highest BCUT2D eigenvalue weighted by molar-refractivity contribution is 8.00. The van der Waals surface area contributed by atoms with E-state index in [0.29, 0.717) is 0 Å². The number of ether oxygens (including phenoxy) is 1. The largest absolute Gasteiger partial charge is 0.381 e. The summed E-state index contributed by atoms with van der Waals surface area (Å²) < 4.78 is 5.81. The van der Waals surface area contributed by atoms with Crippen molar-refractivity contribution in [2.24, 2.45) is 16.8 Å². The van der Waals surface area contributed by atoms with Crippen LogP contribution in [0.4, 0.5) is 0 Å². The molecule has 0 spiro atoms. The van der Waals surface area contributed by atoms with E-state index in [-0.39, 0.29) is 4.75 Å². The number of likely N-dealkylation sites (tertiary alicyclic amines) is 1. The highest BCUT2D eigenvalue weighted by Gasteiger charge is 2.32. The normalized spacial score (nSPS) is 29.5. The van der Waals surface area contributed by atoms with Gasteiger partial charge in [0.25, 0.3) is 0 Å². The molecule has 2 aliphatic heterocycles. The number of rotatable bonds is 4. The fourth-order valence-electron chi connectivity index (χ4n) is 3.65. The summed E-state index contributed by atoms with van der Waals surface area (Å²) in [6, 6.07) is 0. The molecule has 0 saturated carbocycles. The van der Waals surface area contributed by atoms with Crippen molar-refractivity contribution in [1.82, 2.24) is 10.2 Å². The van der Waals surface area contributed by atoms with Crippen molar-refractivity contribution in [1.29, 1.82) is 0 Å². The molecule has 2 unspecified atom stereocenters.